The van der Waals surface area contributed by atoms with Crippen molar-refractivity contribution in [2.24, 2.45) is 22.2 Å². The van der Waals surface area contributed by atoms with Gasteiger partial charge in [0.25, 0.3) is 0 Å². The van der Waals surface area contributed by atoms with E-state index in [1.165, 1.54) is 0 Å². The van der Waals surface area contributed by atoms with Crippen LogP contribution in [0, 0.1) is 0 Å². The van der Waals surface area contributed by atoms with E-state index >= 15 is 0 Å². The summed E-state index contributed by atoms with van der Waals surface area (Å²) in [4.78, 5) is 14.4. The number of guanidine groups is 1. The van der Waals surface area contributed by atoms with E-state index in [2.05, 4.69) is 9.28 Å². The SMILES string of the molecule is NC(N)=NCCC[C@H](N)C(=O)OCl. The molecule has 0 fully saturated rings. The van der Waals surface area contributed by atoms with Gasteiger partial charge < -0.3 is 21.5 Å². The average molecular weight is 209 g/mol. The lowest BCUT2D eigenvalue weighted by atomic mass is 10.2. The lowest BCUT2D eigenvalue weighted by Gasteiger charge is -2.05. The van der Waals surface area contributed by atoms with Gasteiger partial charge in [-0.15, -0.1) is 0 Å². The van der Waals surface area contributed by atoms with Crippen molar-refractivity contribution in [2.75, 3.05) is 6.54 Å². The van der Waals surface area contributed by atoms with E-state index in [4.69, 9.17) is 29.1 Å². The molecule has 0 aliphatic heterocycles. The molecule has 7 heteroatoms. The number of hydrogen-bond donors (Lipinski definition) is 3. The van der Waals surface area contributed by atoms with Gasteiger partial charge in [-0.05, 0) is 12.8 Å². The zero-order valence-corrected chi connectivity index (χ0v) is 7.83. The number of hydrogen-bond acceptors (Lipinski definition) is 4. The smallest absolute Gasteiger partial charge is 0.341 e. The molecule has 0 heterocycles. The highest BCUT2D eigenvalue weighted by molar-refractivity contribution is 6.13. The van der Waals surface area contributed by atoms with E-state index in [1.54, 1.807) is 0 Å². The van der Waals surface area contributed by atoms with E-state index in [1.807, 2.05) is 0 Å². The highest BCUT2D eigenvalue weighted by Gasteiger charge is 2.13. The fourth-order valence-corrected chi connectivity index (χ4v) is 0.809. The zero-order chi connectivity index (χ0) is 10.3. The Bertz CT molecular complexity index is 193. The molecule has 0 amide bonds. The summed E-state index contributed by atoms with van der Waals surface area (Å²) in [6.07, 6.45) is 1.04. The van der Waals surface area contributed by atoms with Gasteiger partial charge >= 0.3 is 5.97 Å². The van der Waals surface area contributed by atoms with Gasteiger partial charge in [0.05, 0.1) is 0 Å². The Morgan fingerprint density at radius 2 is 2.15 bits per heavy atom. The zero-order valence-electron chi connectivity index (χ0n) is 7.07. The number of nitrogens with zero attached hydrogens (tertiary/aromatic N) is 1. The summed E-state index contributed by atoms with van der Waals surface area (Å²) in [5.41, 5.74) is 15.5. The Morgan fingerprint density at radius 1 is 1.54 bits per heavy atom. The van der Waals surface area contributed by atoms with Gasteiger partial charge in [-0.25, -0.2) is 4.79 Å². The Kier molecular flexibility index (Phi) is 5.99. The first-order valence-corrected chi connectivity index (χ1v) is 4.02. The van der Waals surface area contributed by atoms with Crippen LogP contribution in [0.3, 0.4) is 0 Å². The molecule has 0 aromatic rings. The summed E-state index contributed by atoms with van der Waals surface area (Å²) in [5, 5.41) is 0. The molecule has 6 nitrogen and oxygen atoms in total. The van der Waals surface area contributed by atoms with Crippen LogP contribution in [0.4, 0.5) is 0 Å². The van der Waals surface area contributed by atoms with Crippen LogP contribution >= 0.6 is 11.9 Å². The maximum Gasteiger partial charge on any atom is 0.341 e. The number of nitrogens with two attached hydrogens (primary N) is 3. The molecule has 0 radical (unpaired) electrons. The summed E-state index contributed by atoms with van der Waals surface area (Å²) < 4.78 is 3.91. The fraction of sp³-hybridized carbons (Fsp3) is 0.667. The highest BCUT2D eigenvalue weighted by Crippen LogP contribution is 1.98. The first-order valence-electron chi connectivity index (χ1n) is 3.71. The summed E-state index contributed by atoms with van der Waals surface area (Å²) in [6.45, 7) is 0.436. The van der Waals surface area contributed by atoms with Gasteiger partial charge in [-0.3, -0.25) is 4.99 Å². The Morgan fingerprint density at radius 3 is 2.62 bits per heavy atom. The van der Waals surface area contributed by atoms with E-state index in [0.29, 0.717) is 19.4 Å². The minimum absolute atomic E-state index is 0.0218. The summed E-state index contributed by atoms with van der Waals surface area (Å²) in [5.74, 6) is -0.625. The van der Waals surface area contributed by atoms with Gasteiger partial charge in [0.1, 0.15) is 17.9 Å². The predicted octanol–water partition coefficient (Wildman–Crippen LogP) is -0.936. The molecule has 0 spiro atoms. The maximum absolute atomic E-state index is 10.7. The molecule has 0 saturated carbocycles. The molecule has 0 aliphatic carbocycles. The number of aliphatic imine (C=N–C) groups is 1. The molecule has 1 atom stereocenters. The normalized spacial score (nSPS) is 11.8. The van der Waals surface area contributed by atoms with E-state index < -0.39 is 12.0 Å². The third-order valence-electron chi connectivity index (χ3n) is 1.35. The molecular formula is C6H13ClN4O2. The third kappa shape index (κ3) is 6.18. The van der Waals surface area contributed by atoms with E-state index in [-0.39, 0.29) is 5.96 Å². The molecule has 0 unspecified atom stereocenters. The number of carbonyl (C=O) groups excluding carboxylic acids is 1. The molecule has 0 aromatic heterocycles. The number of carbonyl (C=O) groups is 1. The van der Waals surface area contributed by atoms with Crippen molar-refractivity contribution in [1.82, 2.24) is 0 Å². The summed E-state index contributed by atoms with van der Waals surface area (Å²) in [7, 11) is 0. The second-order valence-corrected chi connectivity index (χ2v) is 2.61. The van der Waals surface area contributed by atoms with Crippen molar-refractivity contribution in [3.8, 4) is 0 Å². The van der Waals surface area contributed by atoms with Gasteiger partial charge in [0.15, 0.2) is 5.96 Å². The van der Waals surface area contributed by atoms with Crippen LogP contribution in [-0.4, -0.2) is 24.5 Å². The van der Waals surface area contributed by atoms with Crippen LogP contribution in [0.1, 0.15) is 12.8 Å². The van der Waals surface area contributed by atoms with Crippen molar-refractivity contribution in [3.05, 3.63) is 0 Å². The van der Waals surface area contributed by atoms with E-state index in [9.17, 15) is 4.79 Å². The highest BCUT2D eigenvalue weighted by atomic mass is 35.5. The number of rotatable bonds is 5. The fourth-order valence-electron chi connectivity index (χ4n) is 0.694. The number of halogens is 1. The first-order chi connectivity index (χ1) is 6.07. The molecular weight excluding hydrogens is 196 g/mol. The van der Waals surface area contributed by atoms with Gasteiger partial charge in [0.2, 0.25) is 0 Å². The second-order valence-electron chi connectivity index (χ2n) is 2.45. The molecule has 0 rings (SSSR count). The van der Waals surface area contributed by atoms with Crippen LogP contribution in [0.2, 0.25) is 0 Å². The third-order valence-corrected chi connectivity index (χ3v) is 1.50. The largest absolute Gasteiger partial charge is 0.370 e. The average Bonchev–Trinajstić information content (AvgIpc) is 2.10. The van der Waals surface area contributed by atoms with Crippen LogP contribution in [0.15, 0.2) is 4.99 Å². The monoisotopic (exact) mass is 208 g/mol. The molecule has 0 saturated heterocycles. The lowest BCUT2D eigenvalue weighted by Crippen LogP contribution is -2.30. The molecule has 76 valence electrons. The van der Waals surface area contributed by atoms with Crippen molar-refractivity contribution in [3.63, 3.8) is 0 Å². The maximum atomic E-state index is 10.7. The Balaban J connectivity index is 3.53. The minimum atomic E-state index is -0.716. The molecule has 6 N–H and O–H groups in total. The summed E-state index contributed by atoms with van der Waals surface area (Å²) in [6, 6.07) is -0.716. The van der Waals surface area contributed by atoms with Crippen molar-refractivity contribution >= 4 is 23.8 Å². The Hall–Kier alpha value is -1.01. The van der Waals surface area contributed by atoms with Crippen LogP contribution < -0.4 is 17.2 Å². The van der Waals surface area contributed by atoms with Crippen LogP contribution in [-0.2, 0) is 9.08 Å². The van der Waals surface area contributed by atoms with Crippen molar-refractivity contribution < 1.29 is 9.08 Å². The first kappa shape index (κ1) is 12.0. The summed E-state index contributed by atoms with van der Waals surface area (Å²) >= 11 is 4.81. The molecule has 13 heavy (non-hydrogen) atoms. The molecule has 0 aliphatic rings. The topological polar surface area (TPSA) is 117 Å². The van der Waals surface area contributed by atoms with Crippen LogP contribution in [0.5, 0.6) is 0 Å². The molecule has 0 aromatic carbocycles. The lowest BCUT2D eigenvalue weighted by molar-refractivity contribution is -0.135. The molecule has 0 bridgehead atoms. The quantitative estimate of drug-likeness (QED) is 0.306. The van der Waals surface area contributed by atoms with Gasteiger partial charge in [0, 0.05) is 6.54 Å². The van der Waals surface area contributed by atoms with Crippen molar-refractivity contribution in [2.45, 2.75) is 18.9 Å². The minimum Gasteiger partial charge on any atom is -0.370 e. The standard InChI is InChI=1S/C6H13ClN4O2/c7-13-5(12)4(8)2-1-3-11-6(9)10/h4H,1-3,8H2,(H4,9,10,11)/t4-/m0/s1. The van der Waals surface area contributed by atoms with Crippen molar-refractivity contribution in [1.29, 1.82) is 0 Å². The van der Waals surface area contributed by atoms with Gasteiger partial charge in [-0.1, -0.05) is 0 Å². The predicted molar refractivity (Wildman–Crippen MR) is 49.8 cm³/mol. The second kappa shape index (κ2) is 6.50. The van der Waals surface area contributed by atoms with Crippen LogP contribution in [0.25, 0.3) is 0 Å². The van der Waals surface area contributed by atoms with Gasteiger partial charge in [-0.2, -0.15) is 0 Å². The Labute approximate surface area is 81.2 Å². The van der Waals surface area contributed by atoms with E-state index in [0.717, 1.165) is 0 Å².